The van der Waals surface area contributed by atoms with Gasteiger partial charge in [0.05, 0.1) is 11.4 Å². The number of hydrogen-bond acceptors (Lipinski definition) is 4. The van der Waals surface area contributed by atoms with Crippen molar-refractivity contribution in [1.82, 2.24) is 0 Å². The molecule has 0 aromatic heterocycles. The van der Waals surface area contributed by atoms with Crippen LogP contribution in [0.2, 0.25) is 0 Å². The van der Waals surface area contributed by atoms with E-state index in [1.807, 2.05) is 0 Å². The van der Waals surface area contributed by atoms with Gasteiger partial charge in [-0.1, -0.05) is 35.8 Å². The largest absolute Gasteiger partial charge is 2.00 e. The molecule has 25 heavy (non-hydrogen) atoms. The minimum atomic E-state index is -0.450. The summed E-state index contributed by atoms with van der Waals surface area (Å²) in [6, 6.07) is 11.9. The average molecular weight is 423 g/mol. The number of halogens is 2. The van der Waals surface area contributed by atoms with Crippen LogP contribution >= 0.6 is 0 Å². The summed E-state index contributed by atoms with van der Waals surface area (Å²) in [5, 5.41) is 4.68. The van der Waals surface area contributed by atoms with Crippen molar-refractivity contribution >= 4 is 48.4 Å². The summed E-state index contributed by atoms with van der Waals surface area (Å²) in [5.74, 6) is -1.75. The Labute approximate surface area is 166 Å². The van der Waals surface area contributed by atoms with Gasteiger partial charge >= 0.3 is 17.1 Å². The second kappa shape index (κ2) is 12.8. The van der Waals surface area contributed by atoms with Crippen LogP contribution in [-0.4, -0.2) is 23.3 Å². The van der Waals surface area contributed by atoms with E-state index in [1.54, 1.807) is 24.3 Å². The van der Waals surface area contributed by atoms with Crippen LogP contribution in [0.5, 0.6) is 0 Å². The van der Waals surface area contributed by atoms with E-state index in [1.165, 1.54) is 24.3 Å². The van der Waals surface area contributed by atoms with E-state index in [9.17, 15) is 18.4 Å². The van der Waals surface area contributed by atoms with Gasteiger partial charge < -0.3 is 35.9 Å². The van der Waals surface area contributed by atoms with Gasteiger partial charge in [-0.15, -0.1) is 0 Å². The molecule has 2 N–H and O–H groups in total. The van der Waals surface area contributed by atoms with Crippen LogP contribution in [0, 0.1) is 11.6 Å². The number of benzene rings is 2. The third-order valence-corrected chi connectivity index (χ3v) is 3.08. The normalized spacial score (nSPS) is 9.12. The van der Waals surface area contributed by atoms with Gasteiger partial charge in [-0.3, -0.25) is 9.59 Å². The molecule has 0 bridgehead atoms. The zero-order valence-electron chi connectivity index (χ0n) is 12.8. The number of amides is 2. The second-order valence-electron chi connectivity index (χ2n) is 4.34. The zero-order chi connectivity index (χ0) is 17.9. The third kappa shape index (κ3) is 8.92. The molecule has 2 amide bonds. The minimum Gasteiger partial charge on any atom is -0.783 e. The predicted octanol–water partition coefficient (Wildman–Crippen LogP) is 2.62. The molecule has 0 saturated heterocycles. The first-order valence-electron chi connectivity index (χ1n) is 6.73. The fraction of sp³-hybridized carbons (Fsp3) is 0.125. The van der Waals surface area contributed by atoms with E-state index in [0.717, 1.165) is 0 Å². The van der Waals surface area contributed by atoms with E-state index in [4.69, 9.17) is 0 Å². The monoisotopic (exact) mass is 423 g/mol. The molecule has 0 aliphatic rings. The smallest absolute Gasteiger partial charge is 0.783 e. The first-order valence-corrected chi connectivity index (χ1v) is 7.88. The van der Waals surface area contributed by atoms with E-state index in [-0.39, 0.29) is 51.8 Å². The molecule has 0 spiro atoms. The summed E-state index contributed by atoms with van der Waals surface area (Å²) in [7, 11) is 0. The Hall–Kier alpha value is -1.54. The maximum absolute atomic E-state index is 12.8. The Bertz CT molecular complexity index is 646. The quantitative estimate of drug-likeness (QED) is 0.587. The number of rotatable bonds is 4. The first-order chi connectivity index (χ1) is 11.5. The standard InChI is InChI=1S/2C8H8FNOS.Mn/c2*9-6-3-1-2-4-7(6)10-8(11)5-12;/h2*1-4,12H,5H2,(H,10,11);/q;;+2/p-2. The molecule has 0 heterocycles. The van der Waals surface area contributed by atoms with Gasteiger partial charge in [0.1, 0.15) is 11.6 Å². The van der Waals surface area contributed by atoms with Crippen molar-refractivity contribution in [2.75, 3.05) is 22.1 Å². The molecule has 2 aromatic carbocycles. The van der Waals surface area contributed by atoms with Crippen LogP contribution in [0.15, 0.2) is 48.5 Å². The van der Waals surface area contributed by atoms with Gasteiger partial charge in [-0.05, 0) is 24.3 Å². The van der Waals surface area contributed by atoms with Gasteiger partial charge in [-0.2, -0.15) is 0 Å². The molecule has 0 fully saturated rings. The molecule has 0 atom stereocenters. The summed E-state index contributed by atoms with van der Waals surface area (Å²) in [4.78, 5) is 21.5. The first kappa shape index (κ1) is 23.5. The Balaban J connectivity index is 0.000000443. The Morgan fingerprint density at radius 3 is 1.36 bits per heavy atom. The van der Waals surface area contributed by atoms with Crippen LogP contribution < -0.4 is 10.6 Å². The molecule has 1 radical (unpaired) electrons. The number of hydrogen-bond donors (Lipinski definition) is 2. The number of anilines is 2. The molecular formula is C16H14F2MnN2O2S2. The van der Waals surface area contributed by atoms with E-state index < -0.39 is 11.6 Å². The van der Waals surface area contributed by atoms with Crippen molar-refractivity contribution < 1.29 is 35.4 Å². The molecule has 133 valence electrons. The molecule has 0 saturated carbocycles. The van der Waals surface area contributed by atoms with Crippen molar-refractivity contribution in [2.45, 2.75) is 0 Å². The maximum atomic E-state index is 12.8. The summed E-state index contributed by atoms with van der Waals surface area (Å²) in [5.41, 5.74) is 0.347. The fourth-order valence-electron chi connectivity index (χ4n) is 1.50. The number of nitrogens with one attached hydrogen (secondary N) is 2. The third-order valence-electron chi connectivity index (χ3n) is 2.56. The molecule has 2 rings (SSSR count). The number of carbonyl (C=O) groups excluding carboxylic acids is 2. The van der Waals surface area contributed by atoms with Crippen molar-refractivity contribution in [2.24, 2.45) is 0 Å². The fourth-order valence-corrected chi connectivity index (χ4v) is 1.64. The number of para-hydroxylation sites is 2. The SMILES string of the molecule is O=C(C[S-])Nc1ccccc1F.O=C(C[S-])Nc1ccccc1F.[Mn+2]. The maximum Gasteiger partial charge on any atom is 2.00 e. The van der Waals surface area contributed by atoms with Crippen molar-refractivity contribution in [1.29, 1.82) is 0 Å². The van der Waals surface area contributed by atoms with Crippen molar-refractivity contribution in [3.05, 3.63) is 60.2 Å². The van der Waals surface area contributed by atoms with Crippen LogP contribution in [0.25, 0.3) is 0 Å². The van der Waals surface area contributed by atoms with Crippen LogP contribution in [0.3, 0.4) is 0 Å². The Morgan fingerprint density at radius 1 is 0.760 bits per heavy atom. The van der Waals surface area contributed by atoms with E-state index in [2.05, 4.69) is 35.9 Å². The number of carbonyl (C=O) groups is 2. The Kier molecular flexibility index (Phi) is 12.0. The van der Waals surface area contributed by atoms with Crippen molar-refractivity contribution in [3.8, 4) is 0 Å². The molecule has 0 aliphatic carbocycles. The second-order valence-corrected chi connectivity index (χ2v) is 4.92. The molecular weight excluding hydrogens is 409 g/mol. The summed E-state index contributed by atoms with van der Waals surface area (Å²) in [6.45, 7) is 0. The molecule has 9 heteroatoms. The topological polar surface area (TPSA) is 58.2 Å². The van der Waals surface area contributed by atoms with Gasteiger partial charge in [0.2, 0.25) is 0 Å². The van der Waals surface area contributed by atoms with Crippen LogP contribution in [0.4, 0.5) is 20.2 Å². The molecule has 0 unspecified atom stereocenters. The zero-order valence-corrected chi connectivity index (χ0v) is 15.6. The summed E-state index contributed by atoms with van der Waals surface area (Å²) in [6.07, 6.45) is 0. The summed E-state index contributed by atoms with van der Waals surface area (Å²) < 4.78 is 25.7. The summed E-state index contributed by atoms with van der Waals surface area (Å²) >= 11 is 8.97. The molecule has 2 aromatic rings. The van der Waals surface area contributed by atoms with Gasteiger partial charge in [-0.25, -0.2) is 8.78 Å². The predicted molar refractivity (Wildman–Crippen MR) is 94.5 cm³/mol. The van der Waals surface area contributed by atoms with E-state index in [0.29, 0.717) is 0 Å². The van der Waals surface area contributed by atoms with Gasteiger partial charge in [0.15, 0.2) is 11.8 Å². The molecule has 4 nitrogen and oxygen atoms in total. The van der Waals surface area contributed by atoms with Crippen molar-refractivity contribution in [3.63, 3.8) is 0 Å². The van der Waals surface area contributed by atoms with Crippen LogP contribution in [0.1, 0.15) is 0 Å². The average Bonchev–Trinajstić information content (AvgIpc) is 2.59. The van der Waals surface area contributed by atoms with Gasteiger partial charge in [0, 0.05) is 0 Å². The Morgan fingerprint density at radius 2 is 1.08 bits per heavy atom. The van der Waals surface area contributed by atoms with E-state index >= 15 is 0 Å². The molecule has 0 aliphatic heterocycles. The van der Waals surface area contributed by atoms with Crippen LogP contribution in [-0.2, 0) is 51.9 Å². The minimum absolute atomic E-state index is 0. The van der Waals surface area contributed by atoms with Gasteiger partial charge in [0.25, 0.3) is 0 Å².